The van der Waals surface area contributed by atoms with Crippen molar-refractivity contribution in [2.45, 2.75) is 45.3 Å². The molecule has 0 saturated carbocycles. The number of likely N-dealkylation sites (tertiary alicyclic amines) is 1. The van der Waals surface area contributed by atoms with Gasteiger partial charge in [-0.25, -0.2) is 4.79 Å². The van der Waals surface area contributed by atoms with Crippen LogP contribution in [0.1, 0.15) is 33.6 Å². The minimum absolute atomic E-state index is 0.0821. The van der Waals surface area contributed by atoms with Gasteiger partial charge in [-0.2, -0.15) is 0 Å². The maximum absolute atomic E-state index is 11.9. The lowest BCUT2D eigenvalue weighted by molar-refractivity contribution is 0.0199. The Bertz CT molecular complexity index is 302. The molecule has 0 unspecified atom stereocenters. The molecule has 1 aliphatic heterocycles. The Morgan fingerprint density at radius 2 is 2.00 bits per heavy atom. The molecule has 0 aromatic rings. The standard InChI is InChI=1S/C14H26N2O3/c1-14(2,3)19-13(18)16-9-6-12(7-10-16)15-8-4-5-11-17/h4-5,12,15,17H,6-11H2,1-3H3/b5-4+. The number of nitrogens with zero attached hydrogens (tertiary/aromatic N) is 1. The molecule has 1 aliphatic rings. The lowest BCUT2D eigenvalue weighted by atomic mass is 10.1. The van der Waals surface area contributed by atoms with Crippen LogP contribution in [0.5, 0.6) is 0 Å². The van der Waals surface area contributed by atoms with Gasteiger partial charge in [-0.05, 0) is 33.6 Å². The smallest absolute Gasteiger partial charge is 0.410 e. The summed E-state index contributed by atoms with van der Waals surface area (Å²) in [5.41, 5.74) is -0.429. The zero-order valence-corrected chi connectivity index (χ0v) is 12.2. The summed E-state index contributed by atoms with van der Waals surface area (Å²) in [6, 6.07) is 0.432. The maximum atomic E-state index is 11.9. The highest BCUT2D eigenvalue weighted by Crippen LogP contribution is 2.15. The van der Waals surface area contributed by atoms with Gasteiger partial charge in [-0.3, -0.25) is 0 Å². The van der Waals surface area contributed by atoms with E-state index in [-0.39, 0.29) is 12.7 Å². The number of rotatable bonds is 4. The third-order valence-corrected chi connectivity index (χ3v) is 2.94. The van der Waals surface area contributed by atoms with Crippen molar-refractivity contribution in [2.24, 2.45) is 0 Å². The molecule has 110 valence electrons. The molecule has 0 radical (unpaired) electrons. The predicted molar refractivity (Wildman–Crippen MR) is 75.1 cm³/mol. The first-order valence-electron chi connectivity index (χ1n) is 6.89. The van der Waals surface area contributed by atoms with Gasteiger partial charge in [0.1, 0.15) is 5.60 Å². The summed E-state index contributed by atoms with van der Waals surface area (Å²) in [5, 5.41) is 12.0. The van der Waals surface area contributed by atoms with E-state index in [0.29, 0.717) is 6.04 Å². The van der Waals surface area contributed by atoms with Crippen LogP contribution in [-0.2, 0) is 4.74 Å². The van der Waals surface area contributed by atoms with Crippen LogP contribution in [0.25, 0.3) is 0 Å². The molecular formula is C14H26N2O3. The number of nitrogens with one attached hydrogen (secondary N) is 1. The Morgan fingerprint density at radius 1 is 1.37 bits per heavy atom. The van der Waals surface area contributed by atoms with Crippen LogP contribution in [0.2, 0.25) is 0 Å². The summed E-state index contributed by atoms with van der Waals surface area (Å²) in [4.78, 5) is 13.6. The quantitative estimate of drug-likeness (QED) is 0.760. The van der Waals surface area contributed by atoms with Crippen LogP contribution in [0.15, 0.2) is 12.2 Å². The summed E-state index contributed by atoms with van der Waals surface area (Å²) in [7, 11) is 0. The number of aliphatic hydroxyl groups excluding tert-OH is 1. The number of aliphatic hydroxyl groups is 1. The zero-order chi connectivity index (χ0) is 14.3. The predicted octanol–water partition coefficient (Wildman–Crippen LogP) is 1.52. The van der Waals surface area contributed by atoms with E-state index in [1.807, 2.05) is 26.8 Å². The molecule has 5 nitrogen and oxygen atoms in total. The summed E-state index contributed by atoms with van der Waals surface area (Å²) < 4.78 is 5.35. The molecule has 0 bridgehead atoms. The fourth-order valence-electron chi connectivity index (χ4n) is 1.99. The van der Waals surface area contributed by atoms with Crippen molar-refractivity contribution in [1.82, 2.24) is 10.2 Å². The fourth-order valence-corrected chi connectivity index (χ4v) is 1.99. The Labute approximate surface area is 115 Å². The Hall–Kier alpha value is -1.07. The first-order valence-corrected chi connectivity index (χ1v) is 6.89. The monoisotopic (exact) mass is 270 g/mol. The Morgan fingerprint density at radius 3 is 2.53 bits per heavy atom. The second-order valence-electron chi connectivity index (χ2n) is 5.80. The van der Waals surface area contributed by atoms with E-state index in [1.54, 1.807) is 11.0 Å². The van der Waals surface area contributed by atoms with Crippen molar-refractivity contribution in [1.29, 1.82) is 0 Å². The molecule has 0 spiro atoms. The van der Waals surface area contributed by atoms with Crippen LogP contribution in [0.4, 0.5) is 4.79 Å². The van der Waals surface area contributed by atoms with Crippen molar-refractivity contribution in [2.75, 3.05) is 26.2 Å². The van der Waals surface area contributed by atoms with Crippen LogP contribution in [0, 0.1) is 0 Å². The van der Waals surface area contributed by atoms with E-state index in [4.69, 9.17) is 9.84 Å². The average molecular weight is 270 g/mol. The largest absolute Gasteiger partial charge is 0.444 e. The van der Waals surface area contributed by atoms with Crippen LogP contribution >= 0.6 is 0 Å². The summed E-state index contributed by atoms with van der Waals surface area (Å²) >= 11 is 0. The van der Waals surface area contributed by atoms with Gasteiger partial charge >= 0.3 is 6.09 Å². The van der Waals surface area contributed by atoms with Gasteiger partial charge < -0.3 is 20.1 Å². The number of hydrogen-bond donors (Lipinski definition) is 2. The van der Waals surface area contributed by atoms with Crippen molar-refractivity contribution in [3.05, 3.63) is 12.2 Å². The van der Waals surface area contributed by atoms with E-state index in [2.05, 4.69) is 5.32 Å². The highest BCUT2D eigenvalue weighted by atomic mass is 16.6. The molecule has 0 atom stereocenters. The van der Waals surface area contributed by atoms with E-state index < -0.39 is 5.60 Å². The minimum atomic E-state index is -0.429. The fraction of sp³-hybridized carbons (Fsp3) is 0.786. The van der Waals surface area contributed by atoms with Crippen molar-refractivity contribution in [3.8, 4) is 0 Å². The van der Waals surface area contributed by atoms with Gasteiger partial charge in [0, 0.05) is 25.7 Å². The average Bonchev–Trinajstić information content (AvgIpc) is 2.33. The second-order valence-corrected chi connectivity index (χ2v) is 5.80. The van der Waals surface area contributed by atoms with Gasteiger partial charge in [0.05, 0.1) is 6.61 Å². The topological polar surface area (TPSA) is 61.8 Å². The van der Waals surface area contributed by atoms with Gasteiger partial charge in [-0.15, -0.1) is 0 Å². The Kier molecular flexibility index (Phi) is 6.31. The molecule has 0 aliphatic carbocycles. The van der Waals surface area contributed by atoms with E-state index in [1.165, 1.54) is 0 Å². The summed E-state index contributed by atoms with van der Waals surface area (Å²) in [5.74, 6) is 0. The lowest BCUT2D eigenvalue weighted by Crippen LogP contribution is -2.46. The van der Waals surface area contributed by atoms with Gasteiger partial charge in [0.2, 0.25) is 0 Å². The van der Waals surface area contributed by atoms with Gasteiger partial charge in [0.25, 0.3) is 0 Å². The molecule has 1 heterocycles. The number of carbonyl (C=O) groups excluding carboxylic acids is 1. The molecule has 0 aromatic carbocycles. The third-order valence-electron chi connectivity index (χ3n) is 2.94. The number of ether oxygens (including phenoxy) is 1. The van der Waals surface area contributed by atoms with E-state index in [9.17, 15) is 4.79 Å². The van der Waals surface area contributed by atoms with E-state index >= 15 is 0 Å². The first kappa shape index (κ1) is 16.0. The van der Waals surface area contributed by atoms with Gasteiger partial charge in [-0.1, -0.05) is 12.2 Å². The highest BCUT2D eigenvalue weighted by molar-refractivity contribution is 5.68. The number of piperidine rings is 1. The molecule has 19 heavy (non-hydrogen) atoms. The normalized spacial score (nSPS) is 18.0. The molecule has 1 fully saturated rings. The second kappa shape index (κ2) is 7.50. The summed E-state index contributed by atoms with van der Waals surface area (Å²) in [6.45, 7) is 7.95. The van der Waals surface area contributed by atoms with Crippen LogP contribution in [-0.4, -0.2) is 54.0 Å². The molecule has 1 amide bonds. The molecule has 1 saturated heterocycles. The number of amides is 1. The van der Waals surface area contributed by atoms with Gasteiger partial charge in [0.15, 0.2) is 0 Å². The molecule has 2 N–H and O–H groups in total. The number of carbonyl (C=O) groups is 1. The molecule has 0 aromatic heterocycles. The van der Waals surface area contributed by atoms with Crippen molar-refractivity contribution in [3.63, 3.8) is 0 Å². The minimum Gasteiger partial charge on any atom is -0.444 e. The van der Waals surface area contributed by atoms with E-state index in [0.717, 1.165) is 32.5 Å². The van der Waals surface area contributed by atoms with Crippen LogP contribution in [0.3, 0.4) is 0 Å². The summed E-state index contributed by atoms with van der Waals surface area (Å²) in [6.07, 6.45) is 5.30. The number of hydrogen-bond acceptors (Lipinski definition) is 4. The molecular weight excluding hydrogens is 244 g/mol. The zero-order valence-electron chi connectivity index (χ0n) is 12.2. The van der Waals surface area contributed by atoms with Crippen molar-refractivity contribution < 1.29 is 14.6 Å². The van der Waals surface area contributed by atoms with Crippen LogP contribution < -0.4 is 5.32 Å². The molecule has 5 heteroatoms. The molecule has 1 rings (SSSR count). The first-order chi connectivity index (χ1) is 8.92. The Balaban J connectivity index is 2.25. The SMILES string of the molecule is CC(C)(C)OC(=O)N1CCC(NC/C=C/CO)CC1. The maximum Gasteiger partial charge on any atom is 0.410 e. The highest BCUT2D eigenvalue weighted by Gasteiger charge is 2.26. The van der Waals surface area contributed by atoms with Crippen molar-refractivity contribution >= 4 is 6.09 Å². The third kappa shape index (κ3) is 6.59. The lowest BCUT2D eigenvalue weighted by Gasteiger charge is -2.33.